The first kappa shape index (κ1) is 8.20. The molecule has 0 fully saturated rings. The van der Waals surface area contributed by atoms with Crippen molar-refractivity contribution in [3.05, 3.63) is 5.21 Å². The first-order valence-corrected chi connectivity index (χ1v) is 4.37. The zero-order chi connectivity index (χ0) is 11.4. The highest BCUT2D eigenvalue weighted by molar-refractivity contribution is 5.87. The second-order valence-corrected chi connectivity index (χ2v) is 3.18. The molecule has 4 heterocycles. The summed E-state index contributed by atoms with van der Waals surface area (Å²) in [5.74, 6) is 0.447. The molecule has 0 saturated carbocycles. The average molecular weight is 235 g/mol. The molecule has 3 aromatic heterocycles. The monoisotopic (exact) mass is 235 g/mol. The summed E-state index contributed by atoms with van der Waals surface area (Å²) in [5, 5.41) is 32.2. The van der Waals surface area contributed by atoms with Crippen molar-refractivity contribution >= 4 is 11.6 Å². The van der Waals surface area contributed by atoms with Crippen molar-refractivity contribution in [2.75, 3.05) is 5.32 Å². The maximum Gasteiger partial charge on any atom is 0.284 e. The van der Waals surface area contributed by atoms with Crippen LogP contribution in [0.3, 0.4) is 0 Å². The highest BCUT2D eigenvalue weighted by Crippen LogP contribution is 2.37. The Morgan fingerprint density at radius 3 is 2.41 bits per heavy atom. The van der Waals surface area contributed by atoms with Crippen LogP contribution in [0.1, 0.15) is 0 Å². The Hall–Kier alpha value is -2.98. The van der Waals surface area contributed by atoms with E-state index in [0.717, 1.165) is 0 Å². The summed E-state index contributed by atoms with van der Waals surface area (Å²) in [6.45, 7) is 0. The van der Waals surface area contributed by atoms with E-state index in [1.54, 1.807) is 0 Å². The summed E-state index contributed by atoms with van der Waals surface area (Å²) in [6.07, 6.45) is 0. The molecule has 0 radical (unpaired) electrons. The van der Waals surface area contributed by atoms with E-state index in [-0.39, 0.29) is 39.3 Å². The molecule has 4 rings (SSSR count). The second-order valence-electron chi connectivity index (χ2n) is 3.18. The summed E-state index contributed by atoms with van der Waals surface area (Å²) in [4.78, 5) is 0.184. The van der Waals surface area contributed by atoms with E-state index >= 15 is 0 Å². The summed E-state index contributed by atoms with van der Waals surface area (Å²) in [7, 11) is 0. The van der Waals surface area contributed by atoms with Gasteiger partial charge in [0.25, 0.3) is 11.4 Å². The van der Waals surface area contributed by atoms with E-state index in [0.29, 0.717) is 0 Å². The number of fused-ring (bicyclic) bond motifs is 5. The minimum absolute atomic E-state index is 0.0307. The Bertz CT molecular complexity index is 712. The number of hydrogen-bond acceptors (Lipinski definition) is 10. The normalized spacial score (nSPS) is 12.2. The highest BCUT2D eigenvalue weighted by Gasteiger charge is 2.37. The van der Waals surface area contributed by atoms with Gasteiger partial charge in [0.05, 0.1) is 0 Å². The number of nitrogens with one attached hydrogen (secondary N) is 1. The molecule has 1 aliphatic rings. The van der Waals surface area contributed by atoms with E-state index in [1.807, 2.05) is 0 Å². The number of rotatable bonds is 0. The first-order valence-electron chi connectivity index (χ1n) is 4.37. The van der Waals surface area contributed by atoms with Gasteiger partial charge in [-0.1, -0.05) is 0 Å². The molecule has 0 atom stereocenters. The average Bonchev–Trinajstić information content (AvgIpc) is 2.99. The Labute approximate surface area is 90.5 Å². The first-order chi connectivity index (χ1) is 8.34. The maximum atomic E-state index is 11.5. The molecule has 0 bridgehead atoms. The van der Waals surface area contributed by atoms with E-state index in [9.17, 15) is 5.21 Å². The smallest absolute Gasteiger partial charge is 0.284 e. The van der Waals surface area contributed by atoms with Crippen LogP contribution in [0.15, 0.2) is 13.9 Å². The van der Waals surface area contributed by atoms with Gasteiger partial charge in [-0.2, -0.15) is 0 Å². The Morgan fingerprint density at radius 1 is 0.882 bits per heavy atom. The molecule has 3 aromatic rings. The summed E-state index contributed by atoms with van der Waals surface area (Å²) in [6, 6.07) is 0. The van der Waals surface area contributed by atoms with Gasteiger partial charge in [-0.25, -0.2) is 9.26 Å². The maximum absolute atomic E-state index is 11.5. The fraction of sp³-hybridized carbons (Fsp3) is 0. The van der Waals surface area contributed by atoms with Gasteiger partial charge in [-0.05, 0) is 25.5 Å². The van der Waals surface area contributed by atoms with Gasteiger partial charge in [-0.15, -0.1) is 0 Å². The minimum atomic E-state index is 0.0307. The van der Waals surface area contributed by atoms with Crippen LogP contribution in [0.5, 0.6) is 0 Å². The van der Waals surface area contributed by atoms with Crippen LogP contribution >= 0.6 is 0 Å². The highest BCUT2D eigenvalue weighted by atomic mass is 16.8. The van der Waals surface area contributed by atoms with E-state index in [1.165, 1.54) is 0 Å². The van der Waals surface area contributed by atoms with Gasteiger partial charge in [0.1, 0.15) is 0 Å². The molecule has 0 amide bonds. The number of anilines is 2. The molecule has 11 nitrogen and oxygen atoms in total. The molecule has 11 heteroatoms. The van der Waals surface area contributed by atoms with Crippen molar-refractivity contribution in [1.82, 2.24) is 25.8 Å². The molecule has 1 aliphatic heterocycles. The Kier molecular flexibility index (Phi) is 1.24. The van der Waals surface area contributed by atoms with Crippen LogP contribution in [0.2, 0.25) is 0 Å². The molecular weight excluding hydrogens is 234 g/mol. The SMILES string of the molecule is [O-][n+]1onc2c1-c1nonc1Nc1nonc1-2. The second kappa shape index (κ2) is 2.58. The number of aromatic nitrogens is 6. The van der Waals surface area contributed by atoms with Gasteiger partial charge < -0.3 is 10.5 Å². The fourth-order valence-corrected chi connectivity index (χ4v) is 1.57. The minimum Gasteiger partial charge on any atom is -0.359 e. The van der Waals surface area contributed by atoms with Crippen LogP contribution < -0.4 is 10.2 Å². The lowest BCUT2D eigenvalue weighted by Gasteiger charge is -1.93. The topological polar surface area (TPSA) is 143 Å². The summed E-state index contributed by atoms with van der Waals surface area (Å²) < 4.78 is 13.6. The molecule has 0 spiro atoms. The van der Waals surface area contributed by atoms with E-state index in [4.69, 9.17) is 0 Å². The third-order valence-electron chi connectivity index (χ3n) is 2.28. The van der Waals surface area contributed by atoms with E-state index < -0.39 is 0 Å². The molecule has 0 aliphatic carbocycles. The van der Waals surface area contributed by atoms with Crippen LogP contribution in [-0.4, -0.2) is 25.8 Å². The standard InChI is InChI=1S/C6HN7O4/c14-13-4-1(10-17-13)2-5(11-15-8-2)7-6-3(4)9-16-12-6/h(H,7,11,12). The molecule has 0 aromatic carbocycles. The number of nitrogens with zero attached hydrogens (tertiary/aromatic N) is 6. The lowest BCUT2D eigenvalue weighted by molar-refractivity contribution is -0.793. The van der Waals surface area contributed by atoms with Crippen molar-refractivity contribution in [3.8, 4) is 22.8 Å². The molecule has 84 valence electrons. The van der Waals surface area contributed by atoms with E-state index in [2.05, 4.69) is 45.0 Å². The summed E-state index contributed by atoms with van der Waals surface area (Å²) >= 11 is 0. The van der Waals surface area contributed by atoms with Crippen molar-refractivity contribution < 1.29 is 18.8 Å². The van der Waals surface area contributed by atoms with Crippen molar-refractivity contribution in [2.24, 2.45) is 0 Å². The number of hydrogen-bond donors (Lipinski definition) is 1. The molecule has 0 unspecified atom stereocenters. The molecular formula is C6HN7O4. The van der Waals surface area contributed by atoms with Gasteiger partial charge in [0.15, 0.2) is 0 Å². The van der Waals surface area contributed by atoms with Gasteiger partial charge in [-0.3, -0.25) is 4.63 Å². The largest absolute Gasteiger partial charge is 0.359 e. The van der Waals surface area contributed by atoms with Crippen molar-refractivity contribution in [3.63, 3.8) is 0 Å². The van der Waals surface area contributed by atoms with Gasteiger partial charge in [0, 0.05) is 5.16 Å². The lowest BCUT2D eigenvalue weighted by Crippen LogP contribution is -2.25. The van der Waals surface area contributed by atoms with Crippen molar-refractivity contribution in [1.29, 1.82) is 0 Å². The Morgan fingerprint density at radius 2 is 1.59 bits per heavy atom. The van der Waals surface area contributed by atoms with Crippen molar-refractivity contribution in [2.45, 2.75) is 0 Å². The third-order valence-corrected chi connectivity index (χ3v) is 2.28. The molecule has 17 heavy (non-hydrogen) atoms. The molecule has 0 saturated heterocycles. The fourth-order valence-electron chi connectivity index (χ4n) is 1.57. The lowest BCUT2D eigenvalue weighted by atomic mass is 10.2. The predicted octanol–water partition coefficient (Wildman–Crippen LogP) is -0.535. The predicted molar refractivity (Wildman–Crippen MR) is 45.3 cm³/mol. The zero-order valence-electron chi connectivity index (χ0n) is 7.82. The van der Waals surface area contributed by atoms with Crippen LogP contribution in [0.25, 0.3) is 22.8 Å². The zero-order valence-corrected chi connectivity index (χ0v) is 7.82. The van der Waals surface area contributed by atoms with Crippen LogP contribution in [-0.2, 0) is 0 Å². The van der Waals surface area contributed by atoms with Crippen LogP contribution in [0, 0.1) is 5.21 Å². The van der Waals surface area contributed by atoms with Gasteiger partial charge in [0.2, 0.25) is 23.0 Å². The molecule has 1 N–H and O–H groups in total. The Balaban J connectivity index is 2.15. The quantitative estimate of drug-likeness (QED) is 0.394. The van der Waals surface area contributed by atoms with Crippen LogP contribution in [0.4, 0.5) is 11.6 Å². The van der Waals surface area contributed by atoms with Gasteiger partial charge >= 0.3 is 0 Å². The summed E-state index contributed by atoms with van der Waals surface area (Å²) in [5.41, 5.74) is 0.579. The third kappa shape index (κ3) is 0.895.